The third kappa shape index (κ3) is 3.47. The second kappa shape index (κ2) is 7.64. The van der Waals surface area contributed by atoms with E-state index in [1.807, 2.05) is 32.0 Å². The molecule has 0 saturated carbocycles. The Morgan fingerprint density at radius 3 is 2.50 bits per heavy atom. The van der Waals surface area contributed by atoms with Crippen molar-refractivity contribution in [3.63, 3.8) is 0 Å². The Hall–Kier alpha value is -2.86. The van der Waals surface area contributed by atoms with Crippen LogP contribution in [0.5, 0.6) is 11.5 Å². The second-order valence-electron chi connectivity index (χ2n) is 7.17. The van der Waals surface area contributed by atoms with Crippen LogP contribution in [0.15, 0.2) is 36.4 Å². The number of amides is 1. The van der Waals surface area contributed by atoms with Crippen LogP contribution in [0.25, 0.3) is 0 Å². The number of hydrogen-bond acceptors (Lipinski definition) is 5. The van der Waals surface area contributed by atoms with Gasteiger partial charge in [0.25, 0.3) is 5.91 Å². The number of carbonyl (C=O) groups is 2. The van der Waals surface area contributed by atoms with E-state index in [1.165, 1.54) is 11.8 Å². The van der Waals surface area contributed by atoms with Gasteiger partial charge in [-0.05, 0) is 38.5 Å². The maximum atomic E-state index is 13.1. The number of benzene rings is 2. The summed E-state index contributed by atoms with van der Waals surface area (Å²) in [6.45, 7) is 5.64. The summed E-state index contributed by atoms with van der Waals surface area (Å²) in [6, 6.07) is 11.0. The SMILES string of the molecule is COc1ccccc1OCCN1C(=O)C(O)(CC(C)=O)c2cc(C)cc(C)c21. The molecule has 0 bridgehead atoms. The first-order chi connectivity index (χ1) is 13.3. The van der Waals surface area contributed by atoms with Crippen LogP contribution in [0.1, 0.15) is 30.0 Å². The molecule has 6 heteroatoms. The normalized spacial score (nSPS) is 18.2. The van der Waals surface area contributed by atoms with E-state index < -0.39 is 11.5 Å². The quantitative estimate of drug-likeness (QED) is 0.796. The molecule has 1 atom stereocenters. The summed E-state index contributed by atoms with van der Waals surface area (Å²) in [4.78, 5) is 26.3. The molecule has 2 aromatic rings. The van der Waals surface area contributed by atoms with Crippen molar-refractivity contribution in [2.75, 3.05) is 25.2 Å². The number of hydrogen-bond donors (Lipinski definition) is 1. The number of fused-ring (bicyclic) bond motifs is 1. The fourth-order valence-electron chi connectivity index (χ4n) is 3.80. The van der Waals surface area contributed by atoms with Gasteiger partial charge in [0.1, 0.15) is 12.4 Å². The second-order valence-corrected chi connectivity index (χ2v) is 7.17. The van der Waals surface area contributed by atoms with Crippen molar-refractivity contribution in [3.05, 3.63) is 53.1 Å². The third-order valence-corrected chi connectivity index (χ3v) is 4.91. The van der Waals surface area contributed by atoms with Crippen LogP contribution in [-0.4, -0.2) is 37.1 Å². The lowest BCUT2D eigenvalue weighted by Gasteiger charge is -2.22. The van der Waals surface area contributed by atoms with Crippen LogP contribution in [0, 0.1) is 13.8 Å². The van der Waals surface area contributed by atoms with E-state index in [0.717, 1.165) is 11.1 Å². The number of nitrogens with zero attached hydrogens (tertiary/aromatic N) is 1. The van der Waals surface area contributed by atoms with E-state index in [4.69, 9.17) is 9.47 Å². The summed E-state index contributed by atoms with van der Waals surface area (Å²) in [7, 11) is 1.57. The highest BCUT2D eigenvalue weighted by molar-refractivity contribution is 6.09. The number of aryl methyl sites for hydroxylation is 2. The van der Waals surface area contributed by atoms with Crippen LogP contribution in [0.3, 0.4) is 0 Å². The van der Waals surface area contributed by atoms with E-state index in [-0.39, 0.29) is 25.4 Å². The molecule has 0 saturated heterocycles. The summed E-state index contributed by atoms with van der Waals surface area (Å²) >= 11 is 0. The molecule has 0 radical (unpaired) electrons. The van der Waals surface area contributed by atoms with E-state index in [9.17, 15) is 14.7 Å². The van der Waals surface area contributed by atoms with E-state index in [2.05, 4.69) is 0 Å². The van der Waals surface area contributed by atoms with E-state index >= 15 is 0 Å². The number of rotatable bonds is 7. The Morgan fingerprint density at radius 2 is 1.86 bits per heavy atom. The summed E-state index contributed by atoms with van der Waals surface area (Å²) < 4.78 is 11.1. The average molecular weight is 383 g/mol. The molecule has 1 aliphatic heterocycles. The van der Waals surface area contributed by atoms with Gasteiger partial charge < -0.3 is 19.5 Å². The highest BCUT2D eigenvalue weighted by Gasteiger charge is 2.50. The minimum Gasteiger partial charge on any atom is -0.493 e. The Bertz CT molecular complexity index is 923. The van der Waals surface area contributed by atoms with Crippen LogP contribution in [0.4, 0.5) is 5.69 Å². The zero-order valence-corrected chi connectivity index (χ0v) is 16.6. The first-order valence-electron chi connectivity index (χ1n) is 9.19. The molecule has 1 heterocycles. The summed E-state index contributed by atoms with van der Waals surface area (Å²) in [5.41, 5.74) is 1.12. The lowest BCUT2D eigenvalue weighted by Crippen LogP contribution is -2.43. The van der Waals surface area contributed by atoms with Gasteiger partial charge in [0, 0.05) is 12.0 Å². The Labute approximate surface area is 164 Å². The molecule has 148 valence electrons. The third-order valence-electron chi connectivity index (χ3n) is 4.91. The molecule has 1 aliphatic rings. The molecular formula is C22H25NO5. The van der Waals surface area contributed by atoms with E-state index in [1.54, 1.807) is 25.3 Å². The number of carbonyl (C=O) groups excluding carboxylic acids is 2. The van der Waals surface area contributed by atoms with Gasteiger partial charge in [0.05, 0.1) is 19.3 Å². The minimum atomic E-state index is -1.83. The first-order valence-corrected chi connectivity index (χ1v) is 9.19. The molecular weight excluding hydrogens is 358 g/mol. The van der Waals surface area contributed by atoms with E-state index in [0.29, 0.717) is 22.7 Å². The number of ether oxygens (including phenoxy) is 2. The molecule has 1 unspecified atom stereocenters. The smallest absolute Gasteiger partial charge is 0.264 e. The molecule has 1 N–H and O–H groups in total. The van der Waals surface area contributed by atoms with Gasteiger partial charge in [0.15, 0.2) is 17.1 Å². The molecule has 1 amide bonds. The van der Waals surface area contributed by atoms with Crippen molar-refractivity contribution >= 4 is 17.4 Å². The van der Waals surface area contributed by atoms with Gasteiger partial charge in [-0.2, -0.15) is 0 Å². The van der Waals surface area contributed by atoms with Gasteiger partial charge in [-0.25, -0.2) is 0 Å². The maximum absolute atomic E-state index is 13.1. The summed E-state index contributed by atoms with van der Waals surface area (Å²) in [6.07, 6.45) is -0.244. The van der Waals surface area contributed by atoms with Crippen LogP contribution >= 0.6 is 0 Å². The molecule has 3 rings (SSSR count). The molecule has 0 fully saturated rings. The lowest BCUT2D eigenvalue weighted by molar-refractivity contribution is -0.141. The van der Waals surface area contributed by atoms with Gasteiger partial charge >= 0.3 is 0 Å². The molecule has 2 aromatic carbocycles. The lowest BCUT2D eigenvalue weighted by atomic mass is 9.88. The largest absolute Gasteiger partial charge is 0.493 e. The maximum Gasteiger partial charge on any atom is 0.264 e. The Morgan fingerprint density at radius 1 is 1.18 bits per heavy atom. The van der Waals surface area contributed by atoms with Crippen LogP contribution < -0.4 is 14.4 Å². The molecule has 28 heavy (non-hydrogen) atoms. The number of anilines is 1. The number of Topliss-reactive ketones (excluding diaryl/α,β-unsaturated/α-hetero) is 1. The number of ketones is 1. The zero-order chi connectivity index (χ0) is 20.5. The summed E-state index contributed by atoms with van der Waals surface area (Å²) in [5, 5.41) is 11.1. The van der Waals surface area contributed by atoms with Gasteiger partial charge in [-0.15, -0.1) is 0 Å². The minimum absolute atomic E-state index is 0.217. The molecule has 0 aromatic heterocycles. The van der Waals surface area contributed by atoms with Crippen molar-refractivity contribution in [2.24, 2.45) is 0 Å². The molecule has 6 nitrogen and oxygen atoms in total. The first kappa shape index (κ1) is 19.9. The van der Waals surface area contributed by atoms with Crippen molar-refractivity contribution in [2.45, 2.75) is 32.8 Å². The van der Waals surface area contributed by atoms with Crippen molar-refractivity contribution in [3.8, 4) is 11.5 Å². The molecule has 0 spiro atoms. The fourth-order valence-corrected chi connectivity index (χ4v) is 3.80. The Balaban J connectivity index is 1.88. The number of para-hydroxylation sites is 2. The number of methoxy groups -OCH3 is 1. The Kier molecular flexibility index (Phi) is 5.42. The van der Waals surface area contributed by atoms with Gasteiger partial charge in [-0.1, -0.05) is 29.8 Å². The number of aliphatic hydroxyl groups is 1. The predicted octanol–water partition coefficient (Wildman–Crippen LogP) is 2.90. The van der Waals surface area contributed by atoms with Crippen LogP contribution in [0.2, 0.25) is 0 Å². The summed E-state index contributed by atoms with van der Waals surface area (Å²) in [5.74, 6) is 0.454. The van der Waals surface area contributed by atoms with Crippen molar-refractivity contribution < 1.29 is 24.2 Å². The van der Waals surface area contributed by atoms with Gasteiger partial charge in [-0.3, -0.25) is 9.59 Å². The van der Waals surface area contributed by atoms with Crippen LogP contribution in [-0.2, 0) is 15.2 Å². The highest BCUT2D eigenvalue weighted by Crippen LogP contribution is 2.44. The van der Waals surface area contributed by atoms with Gasteiger partial charge in [0.2, 0.25) is 0 Å². The zero-order valence-electron chi connectivity index (χ0n) is 16.6. The fraction of sp³-hybridized carbons (Fsp3) is 0.364. The topological polar surface area (TPSA) is 76.1 Å². The molecule has 0 aliphatic carbocycles. The van der Waals surface area contributed by atoms with Crippen molar-refractivity contribution in [1.82, 2.24) is 0 Å². The van der Waals surface area contributed by atoms with Crippen molar-refractivity contribution in [1.29, 1.82) is 0 Å². The predicted molar refractivity (Wildman–Crippen MR) is 106 cm³/mol. The monoisotopic (exact) mass is 383 g/mol. The average Bonchev–Trinajstić information content (AvgIpc) is 2.83. The highest BCUT2D eigenvalue weighted by atomic mass is 16.5. The standard InChI is InChI=1S/C22H25NO5/c1-14-11-15(2)20-17(12-14)22(26,13-16(3)24)21(25)23(20)9-10-28-19-8-6-5-7-18(19)27-4/h5-8,11-12,26H,9-10,13H2,1-4H3.